The predicted molar refractivity (Wildman–Crippen MR) is 77.6 cm³/mol. The van der Waals surface area contributed by atoms with Crippen LogP contribution in [0.5, 0.6) is 0 Å². The maximum absolute atomic E-state index is 11.4. The van der Waals surface area contributed by atoms with Gasteiger partial charge >= 0.3 is 5.97 Å². The summed E-state index contributed by atoms with van der Waals surface area (Å²) in [6.45, 7) is 5.21. The van der Waals surface area contributed by atoms with Gasteiger partial charge in [-0.25, -0.2) is 4.79 Å². The number of hydrogen-bond acceptors (Lipinski definition) is 4. The first-order valence-electron chi connectivity index (χ1n) is 7.06. The number of nitrogens with zero attached hydrogens (tertiary/aromatic N) is 1. The minimum atomic E-state index is -0.289. The van der Waals surface area contributed by atoms with Gasteiger partial charge in [0.1, 0.15) is 0 Å². The van der Waals surface area contributed by atoms with Crippen LogP contribution in [-0.4, -0.2) is 44.3 Å². The molecule has 1 aromatic rings. The SMILES string of the molecule is COC(=O)c1ccc(CN2CCC(C)C(OC)C2)cc1. The van der Waals surface area contributed by atoms with Gasteiger partial charge in [0.05, 0.1) is 18.8 Å². The molecule has 1 fully saturated rings. The fourth-order valence-electron chi connectivity index (χ4n) is 2.67. The molecule has 1 heterocycles. The summed E-state index contributed by atoms with van der Waals surface area (Å²) in [5.74, 6) is 0.334. The van der Waals surface area contributed by atoms with Crippen LogP contribution < -0.4 is 0 Å². The molecule has 2 rings (SSSR count). The summed E-state index contributed by atoms with van der Waals surface area (Å²) >= 11 is 0. The van der Waals surface area contributed by atoms with Crippen LogP contribution in [0.4, 0.5) is 0 Å². The third kappa shape index (κ3) is 3.58. The molecule has 1 aliphatic rings. The third-order valence-electron chi connectivity index (χ3n) is 4.06. The van der Waals surface area contributed by atoms with Gasteiger partial charge in [0.2, 0.25) is 0 Å². The molecule has 1 saturated heterocycles. The molecule has 0 bridgehead atoms. The number of likely N-dealkylation sites (tertiary alicyclic amines) is 1. The van der Waals surface area contributed by atoms with E-state index in [1.165, 1.54) is 19.1 Å². The molecule has 0 spiro atoms. The average Bonchev–Trinajstić information content (AvgIpc) is 2.49. The molecule has 0 N–H and O–H groups in total. The highest BCUT2D eigenvalue weighted by molar-refractivity contribution is 5.89. The van der Waals surface area contributed by atoms with E-state index < -0.39 is 0 Å². The Morgan fingerprint density at radius 3 is 2.60 bits per heavy atom. The van der Waals surface area contributed by atoms with E-state index in [2.05, 4.69) is 11.8 Å². The second-order valence-electron chi connectivity index (χ2n) is 5.46. The zero-order valence-corrected chi connectivity index (χ0v) is 12.5. The van der Waals surface area contributed by atoms with Crippen LogP contribution in [0.25, 0.3) is 0 Å². The Bertz CT molecular complexity index is 444. The minimum Gasteiger partial charge on any atom is -0.465 e. The van der Waals surface area contributed by atoms with E-state index in [1.807, 2.05) is 24.3 Å². The van der Waals surface area contributed by atoms with Crippen molar-refractivity contribution in [3.05, 3.63) is 35.4 Å². The highest BCUT2D eigenvalue weighted by Gasteiger charge is 2.25. The first-order valence-corrected chi connectivity index (χ1v) is 7.06. The Morgan fingerprint density at radius 1 is 1.30 bits per heavy atom. The largest absolute Gasteiger partial charge is 0.465 e. The monoisotopic (exact) mass is 277 g/mol. The summed E-state index contributed by atoms with van der Waals surface area (Å²) in [6.07, 6.45) is 1.48. The topological polar surface area (TPSA) is 38.8 Å². The van der Waals surface area contributed by atoms with Gasteiger partial charge in [0.15, 0.2) is 0 Å². The molecule has 1 aliphatic heterocycles. The number of ether oxygens (including phenoxy) is 2. The standard InChI is InChI=1S/C16H23NO3/c1-12-8-9-17(11-15(12)19-2)10-13-4-6-14(7-5-13)16(18)20-3/h4-7,12,15H,8-11H2,1-3H3. The molecule has 0 aliphatic carbocycles. The molecule has 0 saturated carbocycles. The number of benzene rings is 1. The van der Waals surface area contributed by atoms with Crippen LogP contribution in [0.15, 0.2) is 24.3 Å². The van der Waals surface area contributed by atoms with E-state index in [1.54, 1.807) is 7.11 Å². The van der Waals surface area contributed by atoms with Crippen molar-refractivity contribution in [2.75, 3.05) is 27.3 Å². The Hall–Kier alpha value is -1.39. The normalized spacial score (nSPS) is 23.6. The molecule has 2 atom stereocenters. The van der Waals surface area contributed by atoms with E-state index in [0.29, 0.717) is 17.6 Å². The van der Waals surface area contributed by atoms with Crippen LogP contribution in [0.3, 0.4) is 0 Å². The predicted octanol–water partition coefficient (Wildman–Crippen LogP) is 2.33. The Balaban J connectivity index is 1.95. The van der Waals surface area contributed by atoms with Crippen molar-refractivity contribution in [3.63, 3.8) is 0 Å². The summed E-state index contributed by atoms with van der Waals surface area (Å²) in [5, 5.41) is 0. The van der Waals surface area contributed by atoms with Crippen LogP contribution in [0.2, 0.25) is 0 Å². The maximum atomic E-state index is 11.4. The first kappa shape index (κ1) is 15.0. The lowest BCUT2D eigenvalue weighted by atomic mass is 9.95. The summed E-state index contributed by atoms with van der Waals surface area (Å²) in [6, 6.07) is 7.63. The zero-order valence-electron chi connectivity index (χ0n) is 12.5. The van der Waals surface area contributed by atoms with E-state index in [4.69, 9.17) is 9.47 Å². The van der Waals surface area contributed by atoms with Gasteiger partial charge in [-0.2, -0.15) is 0 Å². The highest BCUT2D eigenvalue weighted by atomic mass is 16.5. The Labute approximate surface area is 120 Å². The van der Waals surface area contributed by atoms with Gasteiger partial charge in [-0.15, -0.1) is 0 Å². The number of esters is 1. The second-order valence-corrected chi connectivity index (χ2v) is 5.46. The molecule has 4 nitrogen and oxygen atoms in total. The van der Waals surface area contributed by atoms with E-state index in [9.17, 15) is 4.79 Å². The van der Waals surface area contributed by atoms with Crippen LogP contribution in [-0.2, 0) is 16.0 Å². The zero-order chi connectivity index (χ0) is 14.5. The smallest absolute Gasteiger partial charge is 0.337 e. The van der Waals surface area contributed by atoms with Crippen molar-refractivity contribution in [1.82, 2.24) is 4.90 Å². The molecule has 20 heavy (non-hydrogen) atoms. The lowest BCUT2D eigenvalue weighted by Gasteiger charge is -2.36. The van der Waals surface area contributed by atoms with Crippen molar-refractivity contribution in [2.24, 2.45) is 5.92 Å². The van der Waals surface area contributed by atoms with Crippen LogP contribution in [0, 0.1) is 5.92 Å². The van der Waals surface area contributed by atoms with Crippen molar-refractivity contribution < 1.29 is 14.3 Å². The number of methoxy groups -OCH3 is 2. The summed E-state index contributed by atoms with van der Waals surface area (Å²) in [7, 11) is 3.19. The van der Waals surface area contributed by atoms with Crippen molar-refractivity contribution in [2.45, 2.75) is 26.0 Å². The molecule has 0 aromatic heterocycles. The summed E-state index contributed by atoms with van der Waals surface area (Å²) in [5.41, 5.74) is 1.81. The first-order chi connectivity index (χ1) is 9.63. The number of piperidine rings is 1. The lowest BCUT2D eigenvalue weighted by Crippen LogP contribution is -2.43. The minimum absolute atomic E-state index is 0.289. The number of carbonyl (C=O) groups excluding carboxylic acids is 1. The molecule has 2 unspecified atom stereocenters. The molecule has 0 radical (unpaired) electrons. The Kier molecular flexibility index (Phi) is 5.15. The van der Waals surface area contributed by atoms with Crippen LogP contribution in [0.1, 0.15) is 29.3 Å². The van der Waals surface area contributed by atoms with Gasteiger partial charge in [-0.3, -0.25) is 4.90 Å². The fourth-order valence-corrected chi connectivity index (χ4v) is 2.67. The molecular weight excluding hydrogens is 254 g/mol. The number of hydrogen-bond donors (Lipinski definition) is 0. The van der Waals surface area contributed by atoms with E-state index >= 15 is 0 Å². The lowest BCUT2D eigenvalue weighted by molar-refractivity contribution is -0.00744. The van der Waals surface area contributed by atoms with Gasteiger partial charge in [0, 0.05) is 20.2 Å². The van der Waals surface area contributed by atoms with Gasteiger partial charge in [-0.05, 0) is 36.6 Å². The van der Waals surface area contributed by atoms with Crippen molar-refractivity contribution in [1.29, 1.82) is 0 Å². The van der Waals surface area contributed by atoms with Gasteiger partial charge in [-0.1, -0.05) is 19.1 Å². The number of rotatable bonds is 4. The van der Waals surface area contributed by atoms with Crippen LogP contribution >= 0.6 is 0 Å². The van der Waals surface area contributed by atoms with Gasteiger partial charge in [0.25, 0.3) is 0 Å². The van der Waals surface area contributed by atoms with E-state index in [-0.39, 0.29) is 5.97 Å². The maximum Gasteiger partial charge on any atom is 0.337 e. The van der Waals surface area contributed by atoms with Crippen molar-refractivity contribution in [3.8, 4) is 0 Å². The van der Waals surface area contributed by atoms with Crippen molar-refractivity contribution >= 4 is 5.97 Å². The third-order valence-corrected chi connectivity index (χ3v) is 4.06. The molecule has 4 heteroatoms. The van der Waals surface area contributed by atoms with Gasteiger partial charge < -0.3 is 9.47 Å². The second kappa shape index (κ2) is 6.86. The molecule has 110 valence electrons. The summed E-state index contributed by atoms with van der Waals surface area (Å²) in [4.78, 5) is 13.8. The molecular formula is C16H23NO3. The summed E-state index contributed by atoms with van der Waals surface area (Å²) < 4.78 is 10.2. The quantitative estimate of drug-likeness (QED) is 0.792. The average molecular weight is 277 g/mol. The molecule has 1 aromatic carbocycles. The highest BCUT2D eigenvalue weighted by Crippen LogP contribution is 2.21. The van der Waals surface area contributed by atoms with E-state index in [0.717, 1.165) is 19.6 Å². The fraction of sp³-hybridized carbons (Fsp3) is 0.562. The Morgan fingerprint density at radius 2 is 2.00 bits per heavy atom. The molecule has 0 amide bonds. The number of carbonyl (C=O) groups is 1.